The van der Waals surface area contributed by atoms with Crippen LogP contribution in [0.15, 0.2) is 0 Å². The Morgan fingerprint density at radius 1 is 1.27 bits per heavy atom. The Morgan fingerprint density at radius 2 is 2.00 bits per heavy atom. The molecular formula is C20H34O2. The molecule has 22 heavy (non-hydrogen) atoms. The molecule has 2 nitrogen and oxygen atoms in total. The van der Waals surface area contributed by atoms with Crippen molar-refractivity contribution in [1.29, 1.82) is 0 Å². The van der Waals surface area contributed by atoms with Crippen LogP contribution in [0, 0.1) is 40.4 Å². The highest BCUT2D eigenvalue weighted by Crippen LogP contribution is 2.57. The summed E-state index contributed by atoms with van der Waals surface area (Å²) >= 11 is 0. The Balaban J connectivity index is 1.85. The summed E-state index contributed by atoms with van der Waals surface area (Å²) in [6, 6.07) is 0. The molecule has 0 radical (unpaired) electrons. The van der Waals surface area contributed by atoms with Gasteiger partial charge in [0, 0.05) is 5.41 Å². The van der Waals surface area contributed by atoms with Gasteiger partial charge in [-0.25, -0.2) is 0 Å². The van der Waals surface area contributed by atoms with Crippen LogP contribution >= 0.6 is 0 Å². The quantitative estimate of drug-likeness (QED) is 0.621. The van der Waals surface area contributed by atoms with Crippen molar-refractivity contribution in [3.05, 3.63) is 0 Å². The fourth-order valence-electron chi connectivity index (χ4n) is 4.84. The first-order chi connectivity index (χ1) is 10.2. The van der Waals surface area contributed by atoms with Crippen LogP contribution in [0.25, 0.3) is 0 Å². The Morgan fingerprint density at radius 3 is 2.68 bits per heavy atom. The lowest BCUT2D eigenvalue weighted by Gasteiger charge is -2.45. The number of aliphatic hydroxyl groups excluding tert-OH is 1. The van der Waals surface area contributed by atoms with Crippen LogP contribution < -0.4 is 0 Å². The molecule has 0 spiro atoms. The fourth-order valence-corrected chi connectivity index (χ4v) is 4.84. The lowest BCUT2D eigenvalue weighted by molar-refractivity contribution is -0.0358. The van der Waals surface area contributed by atoms with Crippen molar-refractivity contribution in [2.24, 2.45) is 28.6 Å². The van der Waals surface area contributed by atoms with E-state index in [-0.39, 0.29) is 11.5 Å². The van der Waals surface area contributed by atoms with Gasteiger partial charge in [0.25, 0.3) is 0 Å². The molecule has 0 aliphatic heterocycles. The highest BCUT2D eigenvalue weighted by molar-refractivity contribution is 5.07. The predicted molar refractivity (Wildman–Crippen MR) is 91.4 cm³/mol. The summed E-state index contributed by atoms with van der Waals surface area (Å²) in [5, 5.41) is 10.3. The van der Waals surface area contributed by atoms with E-state index in [0.717, 1.165) is 13.0 Å². The molecule has 2 fully saturated rings. The van der Waals surface area contributed by atoms with Crippen molar-refractivity contribution < 1.29 is 9.84 Å². The van der Waals surface area contributed by atoms with E-state index >= 15 is 0 Å². The summed E-state index contributed by atoms with van der Waals surface area (Å²) in [5.41, 5.74) is 0.372. The molecular weight excluding hydrogens is 272 g/mol. The zero-order valence-electron chi connectivity index (χ0n) is 15.1. The zero-order chi connectivity index (χ0) is 16.4. The van der Waals surface area contributed by atoms with Crippen LogP contribution in [-0.4, -0.2) is 24.4 Å². The highest BCUT2D eigenvalue weighted by Gasteiger charge is 2.52. The van der Waals surface area contributed by atoms with Crippen molar-refractivity contribution in [2.75, 3.05) is 13.2 Å². The predicted octanol–water partition coefficient (Wildman–Crippen LogP) is 4.27. The molecule has 0 aromatic rings. The van der Waals surface area contributed by atoms with Gasteiger partial charge in [0.2, 0.25) is 0 Å². The maximum atomic E-state index is 10.3. The minimum atomic E-state index is -0.0745. The van der Waals surface area contributed by atoms with Crippen LogP contribution in [0.1, 0.15) is 66.7 Å². The lowest BCUT2D eigenvalue weighted by atomic mass is 9.62. The molecule has 0 aromatic carbocycles. The zero-order valence-corrected chi connectivity index (χ0v) is 15.1. The minimum absolute atomic E-state index is 0.0549. The first kappa shape index (κ1) is 17.8. The number of fused-ring (bicyclic) bond motifs is 1. The molecule has 2 saturated carbocycles. The SMILES string of the molecule is C[C@H](COCC#CC(C)(C)C)[C@H]1CC[C@H]2[C@@H](O)CCC[C@]12C. The van der Waals surface area contributed by atoms with E-state index in [0.29, 0.717) is 29.8 Å². The van der Waals surface area contributed by atoms with Crippen LogP contribution in [0.5, 0.6) is 0 Å². The number of aliphatic hydroxyl groups is 1. The van der Waals surface area contributed by atoms with Crippen molar-refractivity contribution in [3.63, 3.8) is 0 Å². The molecule has 0 heterocycles. The van der Waals surface area contributed by atoms with Crippen molar-refractivity contribution in [3.8, 4) is 11.8 Å². The molecule has 1 N–H and O–H groups in total. The summed E-state index contributed by atoms with van der Waals surface area (Å²) in [6.45, 7) is 12.4. The molecule has 0 saturated heterocycles. The normalized spacial score (nSPS) is 36.4. The van der Waals surface area contributed by atoms with Gasteiger partial charge in [-0.2, -0.15) is 0 Å². The number of ether oxygens (including phenoxy) is 1. The topological polar surface area (TPSA) is 29.5 Å². The number of rotatable bonds is 4. The Kier molecular flexibility index (Phi) is 5.62. The second-order valence-corrected chi connectivity index (χ2v) is 8.80. The van der Waals surface area contributed by atoms with Gasteiger partial charge in [-0.15, -0.1) is 0 Å². The van der Waals surface area contributed by atoms with E-state index in [2.05, 4.69) is 46.5 Å². The van der Waals surface area contributed by atoms with Gasteiger partial charge in [-0.1, -0.05) is 32.1 Å². The highest BCUT2D eigenvalue weighted by atomic mass is 16.5. The Hall–Kier alpha value is -0.520. The van der Waals surface area contributed by atoms with Crippen molar-refractivity contribution in [1.82, 2.24) is 0 Å². The van der Waals surface area contributed by atoms with Gasteiger partial charge in [0.15, 0.2) is 0 Å². The molecule has 0 aromatic heterocycles. The van der Waals surface area contributed by atoms with Gasteiger partial charge in [0.05, 0.1) is 12.7 Å². The lowest BCUT2D eigenvalue weighted by Crippen LogP contribution is -2.42. The van der Waals surface area contributed by atoms with Gasteiger partial charge in [0.1, 0.15) is 6.61 Å². The molecule has 2 aliphatic rings. The maximum Gasteiger partial charge on any atom is 0.107 e. The fraction of sp³-hybridized carbons (Fsp3) is 0.900. The first-order valence-corrected chi connectivity index (χ1v) is 9.00. The third-order valence-corrected chi connectivity index (χ3v) is 5.87. The minimum Gasteiger partial charge on any atom is -0.393 e. The summed E-state index contributed by atoms with van der Waals surface area (Å²) in [4.78, 5) is 0. The molecule has 0 amide bonds. The standard InChI is InChI=1S/C20H34O2/c1-15(14-22-13-7-11-19(2,3)4)16-9-10-17-18(21)8-6-12-20(16,17)5/h15-18,21H,6,8-10,12-14H2,1-5H3/t15-,16-,17+,18+,20-/m1/s1. The monoisotopic (exact) mass is 306 g/mol. The molecule has 126 valence electrons. The van der Waals surface area contributed by atoms with Crippen LogP contribution in [0.4, 0.5) is 0 Å². The van der Waals surface area contributed by atoms with Crippen molar-refractivity contribution in [2.45, 2.75) is 72.8 Å². The number of hydrogen-bond donors (Lipinski definition) is 1. The van der Waals surface area contributed by atoms with E-state index in [4.69, 9.17) is 4.74 Å². The summed E-state index contributed by atoms with van der Waals surface area (Å²) in [7, 11) is 0. The second kappa shape index (κ2) is 6.93. The molecule has 2 rings (SSSR count). The van der Waals surface area contributed by atoms with E-state index in [1.54, 1.807) is 0 Å². The largest absolute Gasteiger partial charge is 0.393 e. The summed E-state index contributed by atoms with van der Waals surface area (Å²) in [6.07, 6.45) is 5.81. The Labute approximate surface area is 137 Å². The Bertz CT molecular complexity index is 425. The maximum absolute atomic E-state index is 10.3. The summed E-state index contributed by atoms with van der Waals surface area (Å²) < 4.78 is 5.82. The van der Waals surface area contributed by atoms with E-state index in [1.807, 2.05) is 0 Å². The van der Waals surface area contributed by atoms with Crippen LogP contribution in [-0.2, 0) is 4.74 Å². The van der Waals surface area contributed by atoms with Crippen LogP contribution in [0.2, 0.25) is 0 Å². The first-order valence-electron chi connectivity index (χ1n) is 9.00. The molecule has 5 atom stereocenters. The third-order valence-electron chi connectivity index (χ3n) is 5.87. The van der Waals surface area contributed by atoms with E-state index < -0.39 is 0 Å². The average molecular weight is 306 g/mol. The second-order valence-electron chi connectivity index (χ2n) is 8.80. The average Bonchev–Trinajstić information content (AvgIpc) is 2.75. The molecule has 2 heteroatoms. The molecule has 0 unspecified atom stereocenters. The van der Waals surface area contributed by atoms with Gasteiger partial charge >= 0.3 is 0 Å². The summed E-state index contributed by atoms with van der Waals surface area (Å²) in [5.74, 6) is 8.09. The van der Waals surface area contributed by atoms with Crippen molar-refractivity contribution >= 4 is 0 Å². The van der Waals surface area contributed by atoms with Crippen LogP contribution in [0.3, 0.4) is 0 Å². The van der Waals surface area contributed by atoms with E-state index in [1.165, 1.54) is 25.7 Å². The number of hydrogen-bond acceptors (Lipinski definition) is 2. The van der Waals surface area contributed by atoms with Gasteiger partial charge < -0.3 is 9.84 Å². The third kappa shape index (κ3) is 4.06. The van der Waals surface area contributed by atoms with E-state index in [9.17, 15) is 5.11 Å². The van der Waals surface area contributed by atoms with Gasteiger partial charge in [-0.3, -0.25) is 0 Å². The molecule has 2 aliphatic carbocycles. The smallest absolute Gasteiger partial charge is 0.107 e. The molecule has 0 bridgehead atoms. The van der Waals surface area contributed by atoms with Gasteiger partial charge in [-0.05, 0) is 69.6 Å².